The number of fused-ring (bicyclic) bond motifs is 3. The fourth-order valence-electron chi connectivity index (χ4n) is 11.5. The van der Waals surface area contributed by atoms with Crippen LogP contribution in [0, 0.1) is 17.8 Å². The number of hydrogen-bond donors (Lipinski definition) is 14. The number of hydrogen-bond acceptors (Lipinski definition) is 25. The highest BCUT2D eigenvalue weighted by atomic mass is 32.2. The molecule has 16 N–H and O–H groups in total. The highest BCUT2D eigenvalue weighted by molar-refractivity contribution is 7.99. The Hall–Kier alpha value is -7.89. The Kier molecular flexibility index (Phi) is 35.4. The van der Waals surface area contributed by atoms with Crippen LogP contribution in [0.15, 0.2) is 35.5 Å². The third-order valence-corrected chi connectivity index (χ3v) is 20.5. The first-order valence-electron chi connectivity index (χ1n) is 34.2. The number of amides is 11. The number of nitrogens with one attached hydrogen (secondary N) is 8. The van der Waals surface area contributed by atoms with Crippen LogP contribution in [0.5, 0.6) is 5.75 Å². The molecule has 1 aromatic carbocycles. The summed E-state index contributed by atoms with van der Waals surface area (Å²) >= 11 is -0.859. The maximum atomic E-state index is 15.4. The van der Waals surface area contributed by atoms with Crippen molar-refractivity contribution in [1.29, 1.82) is 0 Å². The van der Waals surface area contributed by atoms with Gasteiger partial charge in [-0.2, -0.15) is 11.8 Å². The van der Waals surface area contributed by atoms with Crippen molar-refractivity contribution in [3.05, 3.63) is 47.3 Å². The van der Waals surface area contributed by atoms with E-state index in [2.05, 4.69) is 52.5 Å². The number of carbonyl (C=O) groups is 11. The molecule has 11 amide bonds. The van der Waals surface area contributed by atoms with Crippen molar-refractivity contribution in [3.8, 4) is 5.75 Å². The molecule has 1 unspecified atom stereocenters. The Morgan fingerprint density at radius 2 is 1.52 bits per heavy atom. The molecule has 0 aliphatic carbocycles. The number of likely N-dealkylation sites (tertiary alicyclic amines) is 1. The van der Waals surface area contributed by atoms with Gasteiger partial charge in [0.05, 0.1) is 143 Å². The second-order valence-electron chi connectivity index (χ2n) is 25.0. The molecule has 0 bridgehead atoms. The van der Waals surface area contributed by atoms with Crippen molar-refractivity contribution < 1.29 is 101 Å². The standard InChI is InChI=1S/C65H99N15O21S2/c1-5-38(2)44(10-14-68-53(87)28-66)61(92)71-31-54(88)72-48-37-103(96)65-58(40(34-81)29-69-64(95)59(39(3)49(84)35-82)74-52(86)26-42(83)30-70-62(93)47(27-51(67)85)73-63(48)94)45-6-7-50(97-4)46(60(45)75-65)36-102-43-11-15-78(16-12-43)55(89)13-18-98-20-22-100-24-25-101-23-21-99-19-17-79-32-41(76-77-79)33-80-56(90)8-9-57(80)91/h6-9,32,38-40,42-44,47-49,59,75,81-84H,5,10-31,33-37,66H2,1-4H3,(H2,67,85)(H,68,87)(H,69,95)(H,70,93)(H,71,92)(H,72,88)(H,73,94)(H,74,86)/t38-,39-,40-,42+,44-,47-,48+,49-,59-,103?/m0/s1. The van der Waals surface area contributed by atoms with Gasteiger partial charge in [-0.05, 0) is 37.3 Å². The Bertz CT molecular complexity index is 3350. The van der Waals surface area contributed by atoms with Crippen LogP contribution in [0.1, 0.15) is 88.5 Å². The Morgan fingerprint density at radius 1 is 0.864 bits per heavy atom. The number of rotatable bonds is 37. The summed E-state index contributed by atoms with van der Waals surface area (Å²) in [6, 6.07) is -1.89. The molecule has 1 saturated heterocycles. The summed E-state index contributed by atoms with van der Waals surface area (Å²) in [7, 11) is 1.45. The second-order valence-corrected chi connectivity index (χ2v) is 27.7. The van der Waals surface area contributed by atoms with Gasteiger partial charge < -0.3 is 107 Å². The van der Waals surface area contributed by atoms with Gasteiger partial charge in [0.1, 0.15) is 29.3 Å². The third-order valence-electron chi connectivity index (χ3n) is 17.7. The van der Waals surface area contributed by atoms with Gasteiger partial charge in [0, 0.05) is 101 Å². The minimum absolute atomic E-state index is 0.0346. The molecule has 3 aliphatic heterocycles. The molecule has 0 radical (unpaired) electrons. The van der Waals surface area contributed by atoms with Crippen LogP contribution in [-0.4, -0.2) is 280 Å². The number of aromatic amines is 1. The highest BCUT2D eigenvalue weighted by Gasteiger charge is 2.39. The van der Waals surface area contributed by atoms with Crippen LogP contribution < -0.4 is 53.4 Å². The van der Waals surface area contributed by atoms with E-state index in [9.17, 15) is 73.2 Å². The lowest BCUT2D eigenvalue weighted by atomic mass is 9.88. The number of methoxy groups -OCH3 is 1. The fourth-order valence-corrected chi connectivity index (χ4v) is 14.2. The quantitative estimate of drug-likeness (QED) is 0.0147. The number of imide groups is 1. The first kappa shape index (κ1) is 84.1. The van der Waals surface area contributed by atoms with Gasteiger partial charge >= 0.3 is 0 Å². The van der Waals surface area contributed by atoms with E-state index in [0.717, 1.165) is 4.90 Å². The Morgan fingerprint density at radius 3 is 2.16 bits per heavy atom. The lowest BCUT2D eigenvalue weighted by molar-refractivity contribution is -0.138. The molecule has 5 heterocycles. The summed E-state index contributed by atoms with van der Waals surface area (Å²) in [5.41, 5.74) is 12.6. The predicted molar refractivity (Wildman–Crippen MR) is 371 cm³/mol. The molecule has 0 saturated carbocycles. The molecule has 1 fully saturated rings. The molecule has 3 aliphatic rings. The SMILES string of the molecule is CC[C@H](C)[C@H](CCNC(=O)CN)C(=O)NCC(=O)N[C@@H]1C[S+]([O-])c2[nH]c3c(CSC4CCN(C(=O)CCOCCOCCOCCOCCn5cc(CN6C(=O)C=CC6=O)nn5)CC4)c(OC)ccc3c2[C@H](CO)CNC(=O)[C@H]([C@@H](C)[C@@H](O)CO)NC(=O)C[C@@H](O)CNC(=O)[C@H](CC(N)=O)NC1=O. The van der Waals surface area contributed by atoms with Gasteiger partial charge in [-0.1, -0.05) is 32.4 Å². The minimum Gasteiger partial charge on any atom is -0.610 e. The van der Waals surface area contributed by atoms with E-state index in [0.29, 0.717) is 99.8 Å². The lowest BCUT2D eigenvalue weighted by Crippen LogP contribution is -2.58. The normalized spacial score (nSPS) is 21.0. The van der Waals surface area contributed by atoms with E-state index >= 15 is 4.55 Å². The number of piperidine rings is 1. The molecule has 10 atom stereocenters. The molecule has 572 valence electrons. The average Bonchev–Trinajstić information content (AvgIpc) is 1.61. The summed E-state index contributed by atoms with van der Waals surface area (Å²) in [6.07, 6.45) is 1.45. The van der Waals surface area contributed by atoms with Crippen LogP contribution in [0.25, 0.3) is 10.9 Å². The molecule has 3 aromatic rings. The smallest absolute Gasteiger partial charge is 0.253 e. The average molecular weight is 1490 g/mol. The number of H-pyrrole nitrogens is 1. The Balaban J connectivity index is 1.12. The number of aromatic nitrogens is 4. The number of nitrogens with zero attached hydrogens (tertiary/aromatic N) is 5. The number of ether oxygens (including phenoxy) is 5. The molecule has 36 nitrogen and oxygen atoms in total. The van der Waals surface area contributed by atoms with E-state index in [1.54, 1.807) is 39.7 Å². The van der Waals surface area contributed by atoms with Gasteiger partial charge in [-0.25, -0.2) is 4.68 Å². The zero-order chi connectivity index (χ0) is 75.1. The van der Waals surface area contributed by atoms with Crippen molar-refractivity contribution in [3.63, 3.8) is 0 Å². The highest BCUT2D eigenvalue weighted by Crippen LogP contribution is 2.40. The predicted octanol–water partition coefficient (Wildman–Crippen LogP) is -4.68. The molecule has 103 heavy (non-hydrogen) atoms. The number of carbonyl (C=O) groups excluding carboxylic acids is 11. The fraction of sp³-hybridized carbons (Fsp3) is 0.646. The Labute approximate surface area is 602 Å². The largest absolute Gasteiger partial charge is 0.610 e. The molecule has 6 rings (SSSR count). The van der Waals surface area contributed by atoms with Crippen molar-refractivity contribution in [2.24, 2.45) is 29.2 Å². The topological polar surface area (TPSA) is 527 Å². The zero-order valence-corrected chi connectivity index (χ0v) is 60.0. The monoisotopic (exact) mass is 1490 g/mol. The van der Waals surface area contributed by atoms with Crippen LogP contribution in [0.2, 0.25) is 0 Å². The molecular formula is C65H99N15O21S2. The summed E-state index contributed by atoms with van der Waals surface area (Å²) in [6.45, 7) is 5.33. The number of β-amino-alcohol motifs (C(OH)–C–C–N with tert-alkyl or cyclic N) is 1. The van der Waals surface area contributed by atoms with Crippen LogP contribution in [0.4, 0.5) is 0 Å². The molecule has 0 spiro atoms. The first-order valence-corrected chi connectivity index (χ1v) is 36.5. The first-order chi connectivity index (χ1) is 49.4. The van der Waals surface area contributed by atoms with E-state index in [1.165, 1.54) is 26.2 Å². The van der Waals surface area contributed by atoms with Gasteiger partial charge in [0.25, 0.3) is 11.8 Å². The molecule has 2 aromatic heterocycles. The van der Waals surface area contributed by atoms with Crippen molar-refractivity contribution in [2.75, 3.05) is 125 Å². The minimum atomic E-state index is -2.43. The van der Waals surface area contributed by atoms with Gasteiger partial charge in [0.15, 0.2) is 6.04 Å². The van der Waals surface area contributed by atoms with E-state index in [-0.39, 0.29) is 85.7 Å². The number of thioether (sulfide) groups is 1. The summed E-state index contributed by atoms with van der Waals surface area (Å²) in [5.74, 6) is -11.3. The zero-order valence-electron chi connectivity index (χ0n) is 58.4. The second kappa shape index (κ2) is 43.4. The maximum Gasteiger partial charge on any atom is 0.253 e. The van der Waals surface area contributed by atoms with E-state index < -0.39 is 170 Å². The number of nitrogens with two attached hydrogens (primary N) is 2. The van der Waals surface area contributed by atoms with Gasteiger partial charge in [0.2, 0.25) is 58.2 Å². The van der Waals surface area contributed by atoms with E-state index in [4.69, 9.17) is 35.2 Å². The number of benzene rings is 1. The number of aliphatic hydroxyl groups excluding tert-OH is 4. The lowest BCUT2D eigenvalue weighted by Gasteiger charge is -2.32. The maximum absolute atomic E-state index is 15.4. The van der Waals surface area contributed by atoms with E-state index in [1.807, 2.05) is 13.8 Å². The van der Waals surface area contributed by atoms with Crippen LogP contribution in [-0.2, 0) is 102 Å². The summed E-state index contributed by atoms with van der Waals surface area (Å²) < 4.78 is 45.3. The summed E-state index contributed by atoms with van der Waals surface area (Å²) in [4.78, 5) is 151. The molecule has 38 heteroatoms. The van der Waals surface area contributed by atoms with Crippen molar-refractivity contribution in [2.45, 2.75) is 131 Å². The van der Waals surface area contributed by atoms with Crippen LogP contribution in [0.3, 0.4) is 0 Å². The van der Waals surface area contributed by atoms with Crippen LogP contribution >= 0.6 is 11.8 Å². The van der Waals surface area contributed by atoms with Gasteiger partial charge in [-0.15, -0.1) is 5.10 Å². The number of primary amides is 1. The molecular weight excluding hydrogens is 1390 g/mol. The third kappa shape index (κ3) is 26.3. The summed E-state index contributed by atoms with van der Waals surface area (Å²) in [5, 5.41) is 68.7. The van der Waals surface area contributed by atoms with Crippen molar-refractivity contribution >= 4 is 98.8 Å². The van der Waals surface area contributed by atoms with Crippen molar-refractivity contribution in [1.82, 2.24) is 67.0 Å². The van der Waals surface area contributed by atoms with Gasteiger partial charge in [-0.3, -0.25) is 57.6 Å². The number of aliphatic hydroxyl groups is 4.